The minimum absolute atomic E-state index is 0.0112. The number of hydrazine groups is 1. The molecule has 5 rings (SSSR count). The van der Waals surface area contributed by atoms with Crippen molar-refractivity contribution >= 4 is 17.7 Å². The Kier molecular flexibility index (Phi) is 9.68. The summed E-state index contributed by atoms with van der Waals surface area (Å²) in [5.41, 5.74) is 6.77. The standard InChI is InChI=1S/C36H43N5O4/c1-7-17-39-23-35(43)40-32(20-31-25(3)18-30(45-6)19-26(31)4)36(44)38(21-29-15-13-24(2)27(5)37-29)22-33(40)41(39)34(42)16-14-28-11-9-8-10-12-28/h7-13,15,18-19,32-33H,1,14,16-17,20-23H2,2-6H3/t32-,33?/m0/s1. The van der Waals surface area contributed by atoms with Gasteiger partial charge in [0.05, 0.1) is 32.4 Å². The molecule has 3 heterocycles. The molecule has 9 nitrogen and oxygen atoms in total. The molecule has 2 fully saturated rings. The fourth-order valence-corrected chi connectivity index (χ4v) is 6.47. The molecule has 1 aromatic heterocycles. The monoisotopic (exact) mass is 609 g/mol. The Morgan fingerprint density at radius 3 is 2.38 bits per heavy atom. The van der Waals surface area contributed by atoms with Crippen molar-refractivity contribution in [3.8, 4) is 5.75 Å². The number of hydrogen-bond acceptors (Lipinski definition) is 6. The van der Waals surface area contributed by atoms with E-state index in [0.717, 1.165) is 45.0 Å². The quantitative estimate of drug-likeness (QED) is 0.319. The van der Waals surface area contributed by atoms with Gasteiger partial charge in [-0.1, -0.05) is 42.5 Å². The van der Waals surface area contributed by atoms with Crippen molar-refractivity contribution in [2.24, 2.45) is 0 Å². The van der Waals surface area contributed by atoms with Crippen LogP contribution in [0.5, 0.6) is 5.75 Å². The number of benzene rings is 2. The van der Waals surface area contributed by atoms with E-state index in [2.05, 4.69) is 6.58 Å². The van der Waals surface area contributed by atoms with E-state index in [1.165, 1.54) is 0 Å². The normalized spacial score (nSPS) is 18.6. The predicted octanol–water partition coefficient (Wildman–Crippen LogP) is 4.31. The SMILES string of the molecule is C=CCN1CC(=O)N2C(CN(Cc3ccc(C)c(C)n3)C(=O)[C@@H]2Cc2c(C)cc(OC)cc2C)N1C(=O)CCc1ccccc1. The first-order chi connectivity index (χ1) is 21.6. The molecule has 0 saturated carbocycles. The van der Waals surface area contributed by atoms with Crippen LogP contribution in [0.4, 0.5) is 0 Å². The molecular formula is C36H43N5O4. The Labute approximate surface area is 266 Å². The molecule has 0 aliphatic carbocycles. The molecule has 2 saturated heterocycles. The number of aromatic nitrogens is 1. The molecule has 1 unspecified atom stereocenters. The maximum Gasteiger partial charge on any atom is 0.246 e. The van der Waals surface area contributed by atoms with Gasteiger partial charge < -0.3 is 14.5 Å². The van der Waals surface area contributed by atoms with Gasteiger partial charge in [-0.2, -0.15) is 0 Å². The zero-order chi connectivity index (χ0) is 32.2. The molecule has 0 spiro atoms. The minimum Gasteiger partial charge on any atom is -0.497 e. The summed E-state index contributed by atoms with van der Waals surface area (Å²) in [5.74, 6) is 0.314. The summed E-state index contributed by atoms with van der Waals surface area (Å²) in [6, 6.07) is 17.0. The van der Waals surface area contributed by atoms with Crippen molar-refractivity contribution in [1.82, 2.24) is 24.8 Å². The van der Waals surface area contributed by atoms with Gasteiger partial charge in [-0.15, -0.1) is 6.58 Å². The first kappa shape index (κ1) is 31.9. The number of nitrogens with zero attached hydrogens (tertiary/aromatic N) is 5. The first-order valence-corrected chi connectivity index (χ1v) is 15.5. The van der Waals surface area contributed by atoms with Crippen LogP contribution >= 0.6 is 0 Å². The number of ether oxygens (including phenoxy) is 1. The van der Waals surface area contributed by atoms with E-state index in [9.17, 15) is 14.4 Å². The topological polar surface area (TPSA) is 86.3 Å². The highest BCUT2D eigenvalue weighted by Gasteiger charge is 2.51. The lowest BCUT2D eigenvalue weighted by Crippen LogP contribution is -2.76. The summed E-state index contributed by atoms with van der Waals surface area (Å²) >= 11 is 0. The zero-order valence-electron chi connectivity index (χ0n) is 27.0. The molecule has 3 aromatic rings. The van der Waals surface area contributed by atoms with Gasteiger partial charge in [0.25, 0.3) is 0 Å². The number of carbonyl (C=O) groups is 3. The highest BCUT2D eigenvalue weighted by atomic mass is 16.5. The molecule has 3 amide bonds. The van der Waals surface area contributed by atoms with E-state index in [0.29, 0.717) is 19.4 Å². The molecule has 2 aromatic carbocycles. The molecule has 9 heteroatoms. The fourth-order valence-electron chi connectivity index (χ4n) is 6.47. The molecule has 0 radical (unpaired) electrons. The van der Waals surface area contributed by atoms with Crippen molar-refractivity contribution in [3.63, 3.8) is 0 Å². The average Bonchev–Trinajstić information content (AvgIpc) is 3.01. The van der Waals surface area contributed by atoms with Crippen molar-refractivity contribution < 1.29 is 19.1 Å². The Morgan fingerprint density at radius 1 is 1.02 bits per heavy atom. The maximum absolute atomic E-state index is 14.4. The zero-order valence-corrected chi connectivity index (χ0v) is 27.0. The van der Waals surface area contributed by atoms with E-state index in [-0.39, 0.29) is 43.8 Å². The van der Waals surface area contributed by atoms with Crippen LogP contribution in [0, 0.1) is 27.7 Å². The van der Waals surface area contributed by atoms with Gasteiger partial charge in [0.2, 0.25) is 17.7 Å². The Balaban J connectivity index is 1.54. The summed E-state index contributed by atoms with van der Waals surface area (Å²) in [7, 11) is 1.63. The summed E-state index contributed by atoms with van der Waals surface area (Å²) < 4.78 is 5.47. The van der Waals surface area contributed by atoms with Crippen LogP contribution in [-0.2, 0) is 33.8 Å². The van der Waals surface area contributed by atoms with Gasteiger partial charge >= 0.3 is 0 Å². The Morgan fingerprint density at radius 2 is 1.73 bits per heavy atom. The van der Waals surface area contributed by atoms with Gasteiger partial charge in [0, 0.05) is 25.1 Å². The van der Waals surface area contributed by atoms with Crippen LogP contribution in [-0.4, -0.2) is 81.5 Å². The molecule has 0 N–H and O–H groups in total. The van der Waals surface area contributed by atoms with Gasteiger partial charge in [-0.3, -0.25) is 19.4 Å². The highest BCUT2D eigenvalue weighted by molar-refractivity contribution is 5.92. The number of pyridine rings is 1. The predicted molar refractivity (Wildman–Crippen MR) is 173 cm³/mol. The number of rotatable bonds is 10. The number of piperazine rings is 1. The Bertz CT molecular complexity index is 1570. The van der Waals surface area contributed by atoms with Crippen molar-refractivity contribution in [3.05, 3.63) is 106 Å². The second kappa shape index (κ2) is 13.6. The Hall–Kier alpha value is -4.50. The van der Waals surface area contributed by atoms with E-state index >= 15 is 0 Å². The maximum atomic E-state index is 14.4. The number of methoxy groups -OCH3 is 1. The second-order valence-corrected chi connectivity index (χ2v) is 12.0. The molecule has 2 aliphatic heterocycles. The number of fused-ring (bicyclic) bond motifs is 1. The molecule has 2 atom stereocenters. The number of hydrogen-bond donors (Lipinski definition) is 0. The summed E-state index contributed by atoms with van der Waals surface area (Å²) in [4.78, 5) is 50.6. The highest BCUT2D eigenvalue weighted by Crippen LogP contribution is 2.32. The molecule has 0 bridgehead atoms. The van der Waals surface area contributed by atoms with Crippen LogP contribution in [0.2, 0.25) is 0 Å². The van der Waals surface area contributed by atoms with Gasteiger partial charge in [-0.05, 0) is 80.1 Å². The van der Waals surface area contributed by atoms with Gasteiger partial charge in [0.1, 0.15) is 18.0 Å². The third-order valence-corrected chi connectivity index (χ3v) is 8.96. The number of aryl methyl sites for hydroxylation is 5. The summed E-state index contributed by atoms with van der Waals surface area (Å²) in [6.45, 7) is 12.6. The van der Waals surface area contributed by atoms with Crippen LogP contribution in [0.15, 0.2) is 67.3 Å². The van der Waals surface area contributed by atoms with Gasteiger partial charge in [0.15, 0.2) is 0 Å². The lowest BCUT2D eigenvalue weighted by Gasteiger charge is -2.55. The third kappa shape index (κ3) is 6.78. The third-order valence-electron chi connectivity index (χ3n) is 8.96. The fraction of sp³-hybridized carbons (Fsp3) is 0.389. The number of carbonyl (C=O) groups excluding carboxylic acids is 3. The second-order valence-electron chi connectivity index (χ2n) is 12.0. The summed E-state index contributed by atoms with van der Waals surface area (Å²) in [6.07, 6.45) is 2.20. The molecule has 2 aliphatic rings. The minimum atomic E-state index is -0.788. The van der Waals surface area contributed by atoms with Crippen molar-refractivity contribution in [2.75, 3.05) is 26.7 Å². The lowest BCUT2D eigenvalue weighted by atomic mass is 9.92. The van der Waals surface area contributed by atoms with E-state index in [4.69, 9.17) is 9.72 Å². The lowest BCUT2D eigenvalue weighted by molar-refractivity contribution is -0.205. The largest absolute Gasteiger partial charge is 0.497 e. The van der Waals surface area contributed by atoms with Crippen LogP contribution in [0.3, 0.4) is 0 Å². The van der Waals surface area contributed by atoms with E-state index in [1.807, 2.05) is 82.3 Å². The number of amides is 3. The first-order valence-electron chi connectivity index (χ1n) is 15.5. The van der Waals surface area contributed by atoms with Crippen LogP contribution in [0.1, 0.15) is 45.6 Å². The smallest absolute Gasteiger partial charge is 0.246 e. The summed E-state index contributed by atoms with van der Waals surface area (Å²) in [5, 5.41) is 3.48. The van der Waals surface area contributed by atoms with Crippen molar-refractivity contribution in [2.45, 2.75) is 65.7 Å². The molecule has 236 valence electrons. The molecule has 45 heavy (non-hydrogen) atoms. The van der Waals surface area contributed by atoms with E-state index in [1.54, 1.807) is 33.0 Å². The van der Waals surface area contributed by atoms with Crippen molar-refractivity contribution in [1.29, 1.82) is 0 Å². The molecular weight excluding hydrogens is 566 g/mol. The van der Waals surface area contributed by atoms with E-state index < -0.39 is 12.2 Å². The van der Waals surface area contributed by atoms with Crippen LogP contribution < -0.4 is 4.74 Å². The van der Waals surface area contributed by atoms with Crippen LogP contribution in [0.25, 0.3) is 0 Å². The average molecular weight is 610 g/mol. The van der Waals surface area contributed by atoms with Gasteiger partial charge in [-0.25, -0.2) is 10.0 Å².